The SMILES string of the molecule is O=C(NC1CCN(C2CCCCC2O)CC1)c1cnc2ccccn12. The fourth-order valence-corrected chi connectivity index (χ4v) is 4.25. The number of hydrogen-bond donors (Lipinski definition) is 2. The fraction of sp³-hybridized carbons (Fsp3) is 0.579. The third kappa shape index (κ3) is 3.41. The molecule has 1 aliphatic heterocycles. The van der Waals surface area contributed by atoms with Crippen molar-refractivity contribution in [2.75, 3.05) is 13.1 Å². The van der Waals surface area contributed by atoms with Gasteiger partial charge in [0.05, 0.1) is 12.3 Å². The molecule has 0 bridgehead atoms. The number of carbonyl (C=O) groups is 1. The molecular formula is C19H26N4O2. The standard InChI is InChI=1S/C19H26N4O2/c24-17-6-2-1-5-15(17)22-11-8-14(9-12-22)21-19(25)16-13-20-18-7-3-4-10-23(16)18/h3-4,7,10,13-15,17,24H,1-2,5-6,8-9,11-12H2,(H,21,25). The van der Waals surface area contributed by atoms with E-state index in [1.165, 1.54) is 6.42 Å². The number of aromatic nitrogens is 2. The van der Waals surface area contributed by atoms with Crippen molar-refractivity contribution in [2.24, 2.45) is 0 Å². The van der Waals surface area contributed by atoms with E-state index in [2.05, 4.69) is 15.2 Å². The molecule has 6 heteroatoms. The molecule has 25 heavy (non-hydrogen) atoms. The maximum Gasteiger partial charge on any atom is 0.270 e. The average molecular weight is 342 g/mol. The summed E-state index contributed by atoms with van der Waals surface area (Å²) in [6.45, 7) is 1.89. The summed E-state index contributed by atoms with van der Waals surface area (Å²) in [6, 6.07) is 6.21. The van der Waals surface area contributed by atoms with Gasteiger partial charge >= 0.3 is 0 Å². The predicted octanol–water partition coefficient (Wildman–Crippen LogP) is 1.83. The van der Waals surface area contributed by atoms with Crippen molar-refractivity contribution in [2.45, 2.75) is 56.7 Å². The maximum absolute atomic E-state index is 12.6. The summed E-state index contributed by atoms with van der Waals surface area (Å²) < 4.78 is 1.82. The first-order valence-corrected chi connectivity index (χ1v) is 9.37. The lowest BCUT2D eigenvalue weighted by atomic mass is 9.89. The summed E-state index contributed by atoms with van der Waals surface area (Å²) in [4.78, 5) is 19.3. The van der Waals surface area contributed by atoms with E-state index in [1.54, 1.807) is 6.20 Å². The number of amides is 1. The van der Waals surface area contributed by atoms with Crippen molar-refractivity contribution in [3.05, 3.63) is 36.3 Å². The highest BCUT2D eigenvalue weighted by atomic mass is 16.3. The van der Waals surface area contributed by atoms with Crippen LogP contribution in [0.3, 0.4) is 0 Å². The molecule has 2 N–H and O–H groups in total. The largest absolute Gasteiger partial charge is 0.391 e. The first-order valence-electron chi connectivity index (χ1n) is 9.37. The fourth-order valence-electron chi connectivity index (χ4n) is 4.25. The number of piperidine rings is 1. The Hall–Kier alpha value is -1.92. The van der Waals surface area contributed by atoms with Gasteiger partial charge < -0.3 is 10.4 Å². The van der Waals surface area contributed by atoms with Gasteiger partial charge in [-0.2, -0.15) is 0 Å². The van der Waals surface area contributed by atoms with Crippen LogP contribution in [-0.4, -0.2) is 56.6 Å². The molecular weight excluding hydrogens is 316 g/mol. The normalized spacial score (nSPS) is 26.0. The zero-order chi connectivity index (χ0) is 17.2. The van der Waals surface area contributed by atoms with Crippen molar-refractivity contribution in [1.29, 1.82) is 0 Å². The molecule has 2 unspecified atom stereocenters. The lowest BCUT2D eigenvalue weighted by Gasteiger charge is -2.41. The summed E-state index contributed by atoms with van der Waals surface area (Å²) in [7, 11) is 0. The number of rotatable bonds is 3. The third-order valence-electron chi connectivity index (χ3n) is 5.68. The Balaban J connectivity index is 1.34. The zero-order valence-corrected chi connectivity index (χ0v) is 14.5. The lowest BCUT2D eigenvalue weighted by Crippen LogP contribution is -2.52. The van der Waals surface area contributed by atoms with Gasteiger partial charge in [-0.3, -0.25) is 14.1 Å². The van der Waals surface area contributed by atoms with E-state index in [0.717, 1.165) is 50.8 Å². The summed E-state index contributed by atoms with van der Waals surface area (Å²) in [6.07, 6.45) is 9.57. The highest BCUT2D eigenvalue weighted by Crippen LogP contribution is 2.26. The smallest absolute Gasteiger partial charge is 0.270 e. The van der Waals surface area contributed by atoms with Crippen LogP contribution >= 0.6 is 0 Å². The molecule has 2 aliphatic rings. The Morgan fingerprint density at radius 3 is 2.76 bits per heavy atom. The van der Waals surface area contributed by atoms with Crippen molar-refractivity contribution >= 4 is 11.6 Å². The Morgan fingerprint density at radius 1 is 1.16 bits per heavy atom. The maximum atomic E-state index is 12.6. The molecule has 2 atom stereocenters. The number of carbonyl (C=O) groups excluding carboxylic acids is 1. The monoisotopic (exact) mass is 342 g/mol. The Kier molecular flexibility index (Phi) is 4.72. The molecule has 1 saturated heterocycles. The van der Waals surface area contributed by atoms with Crippen LogP contribution in [0.4, 0.5) is 0 Å². The van der Waals surface area contributed by atoms with E-state index >= 15 is 0 Å². The molecule has 1 saturated carbocycles. The van der Waals surface area contributed by atoms with Crippen molar-refractivity contribution in [3.8, 4) is 0 Å². The summed E-state index contributed by atoms with van der Waals surface area (Å²) in [5.74, 6) is -0.0603. The number of fused-ring (bicyclic) bond motifs is 1. The van der Waals surface area contributed by atoms with Gasteiger partial charge in [0.2, 0.25) is 0 Å². The van der Waals surface area contributed by atoms with Gasteiger partial charge in [0, 0.05) is 31.4 Å². The summed E-state index contributed by atoms with van der Waals surface area (Å²) in [5.41, 5.74) is 1.37. The second-order valence-corrected chi connectivity index (χ2v) is 7.28. The molecule has 4 rings (SSSR count). The molecule has 0 aromatic carbocycles. The molecule has 0 radical (unpaired) electrons. The number of nitrogens with zero attached hydrogens (tertiary/aromatic N) is 3. The number of hydrogen-bond acceptors (Lipinski definition) is 4. The van der Waals surface area contributed by atoms with Crippen LogP contribution in [0.25, 0.3) is 5.65 Å². The highest BCUT2D eigenvalue weighted by molar-refractivity contribution is 5.93. The zero-order valence-electron chi connectivity index (χ0n) is 14.5. The van der Waals surface area contributed by atoms with E-state index in [1.807, 2.05) is 28.8 Å². The number of aliphatic hydroxyl groups excluding tert-OH is 1. The minimum absolute atomic E-state index is 0.0603. The molecule has 1 aliphatic carbocycles. The third-order valence-corrected chi connectivity index (χ3v) is 5.68. The molecule has 6 nitrogen and oxygen atoms in total. The van der Waals surface area contributed by atoms with Crippen molar-refractivity contribution < 1.29 is 9.90 Å². The van der Waals surface area contributed by atoms with Crippen LogP contribution in [0.5, 0.6) is 0 Å². The van der Waals surface area contributed by atoms with Gasteiger partial charge in [-0.25, -0.2) is 4.98 Å². The number of aliphatic hydroxyl groups is 1. The second kappa shape index (κ2) is 7.14. The van der Waals surface area contributed by atoms with Crippen LogP contribution in [0, 0.1) is 0 Å². The molecule has 2 aromatic heterocycles. The molecule has 1 amide bonds. The topological polar surface area (TPSA) is 69.9 Å². The summed E-state index contributed by atoms with van der Waals surface area (Å²) in [5, 5.41) is 13.4. The van der Waals surface area contributed by atoms with Gasteiger partial charge in [0.25, 0.3) is 5.91 Å². The van der Waals surface area contributed by atoms with E-state index in [-0.39, 0.29) is 18.1 Å². The Morgan fingerprint density at radius 2 is 1.96 bits per heavy atom. The first kappa shape index (κ1) is 16.5. The molecule has 0 spiro atoms. The number of likely N-dealkylation sites (tertiary alicyclic amines) is 1. The van der Waals surface area contributed by atoms with Crippen LogP contribution in [0.15, 0.2) is 30.6 Å². The Labute approximate surface area is 147 Å². The average Bonchev–Trinajstić information content (AvgIpc) is 3.07. The highest BCUT2D eigenvalue weighted by Gasteiger charge is 2.32. The van der Waals surface area contributed by atoms with Crippen molar-refractivity contribution in [1.82, 2.24) is 19.6 Å². The van der Waals surface area contributed by atoms with Crippen LogP contribution < -0.4 is 5.32 Å². The summed E-state index contributed by atoms with van der Waals surface area (Å²) >= 11 is 0. The van der Waals surface area contributed by atoms with Crippen LogP contribution in [0.2, 0.25) is 0 Å². The van der Waals surface area contributed by atoms with E-state index < -0.39 is 0 Å². The molecule has 2 aromatic rings. The van der Waals surface area contributed by atoms with Crippen molar-refractivity contribution in [3.63, 3.8) is 0 Å². The van der Waals surface area contributed by atoms with E-state index in [9.17, 15) is 9.90 Å². The minimum Gasteiger partial charge on any atom is -0.391 e. The quantitative estimate of drug-likeness (QED) is 0.893. The number of imidazole rings is 1. The van der Waals surface area contributed by atoms with Gasteiger partial charge in [-0.1, -0.05) is 18.9 Å². The van der Waals surface area contributed by atoms with Gasteiger partial charge in [0.1, 0.15) is 11.3 Å². The first-order chi connectivity index (χ1) is 12.2. The lowest BCUT2D eigenvalue weighted by molar-refractivity contribution is 0.00726. The number of nitrogens with one attached hydrogen (secondary N) is 1. The van der Waals surface area contributed by atoms with E-state index in [4.69, 9.17) is 0 Å². The minimum atomic E-state index is -0.182. The molecule has 3 heterocycles. The van der Waals surface area contributed by atoms with Crippen LogP contribution in [0.1, 0.15) is 49.0 Å². The molecule has 134 valence electrons. The van der Waals surface area contributed by atoms with Gasteiger partial charge in [-0.15, -0.1) is 0 Å². The van der Waals surface area contributed by atoms with Gasteiger partial charge in [-0.05, 0) is 37.8 Å². The Bertz CT molecular complexity index is 736. The second-order valence-electron chi connectivity index (χ2n) is 7.28. The molecule has 2 fully saturated rings. The van der Waals surface area contributed by atoms with Crippen LogP contribution in [-0.2, 0) is 0 Å². The predicted molar refractivity (Wildman–Crippen MR) is 95.5 cm³/mol. The number of pyridine rings is 1. The van der Waals surface area contributed by atoms with Gasteiger partial charge in [0.15, 0.2) is 0 Å². The van der Waals surface area contributed by atoms with E-state index in [0.29, 0.717) is 11.7 Å².